The van der Waals surface area contributed by atoms with Crippen LogP contribution in [-0.4, -0.2) is 52.1 Å². The number of hydrogen-bond donors (Lipinski definition) is 2. The van der Waals surface area contributed by atoms with E-state index < -0.39 is 0 Å². The highest BCUT2D eigenvalue weighted by Crippen LogP contribution is 2.17. The highest BCUT2D eigenvalue weighted by molar-refractivity contribution is 5.95. The predicted molar refractivity (Wildman–Crippen MR) is 114 cm³/mol. The molecule has 0 spiro atoms. The molecule has 1 saturated heterocycles. The normalized spacial score (nSPS) is 16.2. The summed E-state index contributed by atoms with van der Waals surface area (Å²) in [5.41, 5.74) is 1.41. The lowest BCUT2D eigenvalue weighted by Gasteiger charge is -2.27. The molecule has 30 heavy (non-hydrogen) atoms. The lowest BCUT2D eigenvalue weighted by atomic mass is 10.1. The summed E-state index contributed by atoms with van der Waals surface area (Å²) in [5.74, 6) is 2.18. The van der Waals surface area contributed by atoms with Crippen LogP contribution in [0.25, 0.3) is 0 Å². The highest BCUT2D eigenvalue weighted by Gasteiger charge is 2.16. The van der Waals surface area contributed by atoms with Crippen molar-refractivity contribution in [3.05, 3.63) is 53.6 Å². The number of anilines is 3. The van der Waals surface area contributed by atoms with Gasteiger partial charge in [0, 0.05) is 31.4 Å². The molecule has 0 atom stereocenters. The number of nitrogens with zero attached hydrogens (tertiary/aromatic N) is 5. The molecule has 9 nitrogen and oxygen atoms in total. The minimum atomic E-state index is -0.168. The second-order valence-corrected chi connectivity index (χ2v) is 7.00. The number of carbonyl (C=O) groups is 1. The average molecular weight is 407 g/mol. The SMILES string of the molecule is CCc1nc(Nc2ccc(C(=O)NC3=CC=CCC3)cn2)nc(N2CCOCC2)n1. The smallest absolute Gasteiger partial charge is 0.256 e. The fourth-order valence-electron chi connectivity index (χ4n) is 3.17. The van der Waals surface area contributed by atoms with Gasteiger partial charge in [-0.25, -0.2) is 4.98 Å². The molecule has 2 N–H and O–H groups in total. The molecule has 0 aromatic carbocycles. The molecule has 9 heteroatoms. The van der Waals surface area contributed by atoms with E-state index in [-0.39, 0.29) is 5.91 Å². The predicted octanol–water partition coefficient (Wildman–Crippen LogP) is 2.37. The van der Waals surface area contributed by atoms with Crippen LogP contribution in [0.4, 0.5) is 17.7 Å². The van der Waals surface area contributed by atoms with Crippen LogP contribution in [-0.2, 0) is 11.2 Å². The zero-order valence-electron chi connectivity index (χ0n) is 17.0. The van der Waals surface area contributed by atoms with E-state index in [1.54, 1.807) is 18.3 Å². The molecule has 2 aromatic rings. The Bertz CT molecular complexity index is 950. The van der Waals surface area contributed by atoms with Crippen molar-refractivity contribution in [1.29, 1.82) is 0 Å². The van der Waals surface area contributed by atoms with Crippen molar-refractivity contribution in [2.75, 3.05) is 36.5 Å². The summed E-state index contributed by atoms with van der Waals surface area (Å²) in [6.07, 6.45) is 9.96. The first kappa shape index (κ1) is 20.0. The fourth-order valence-corrected chi connectivity index (χ4v) is 3.17. The summed E-state index contributed by atoms with van der Waals surface area (Å²) >= 11 is 0. The quantitative estimate of drug-likeness (QED) is 0.752. The summed E-state index contributed by atoms with van der Waals surface area (Å²) < 4.78 is 5.40. The monoisotopic (exact) mass is 407 g/mol. The Morgan fingerprint density at radius 3 is 2.77 bits per heavy atom. The number of allylic oxidation sites excluding steroid dienone is 4. The van der Waals surface area contributed by atoms with E-state index in [1.807, 2.05) is 19.1 Å². The number of nitrogens with one attached hydrogen (secondary N) is 2. The van der Waals surface area contributed by atoms with E-state index in [0.29, 0.717) is 48.7 Å². The summed E-state index contributed by atoms with van der Waals surface area (Å²) in [7, 11) is 0. The maximum absolute atomic E-state index is 12.4. The van der Waals surface area contributed by atoms with Crippen molar-refractivity contribution >= 4 is 23.6 Å². The van der Waals surface area contributed by atoms with E-state index in [1.165, 1.54) is 0 Å². The molecule has 1 aliphatic heterocycles. The molecular formula is C21H25N7O2. The Morgan fingerprint density at radius 1 is 1.20 bits per heavy atom. The van der Waals surface area contributed by atoms with Gasteiger partial charge in [-0.3, -0.25) is 4.79 Å². The molecule has 4 rings (SSSR count). The van der Waals surface area contributed by atoms with Crippen molar-refractivity contribution in [1.82, 2.24) is 25.3 Å². The molecule has 3 heterocycles. The molecule has 0 bridgehead atoms. The van der Waals surface area contributed by atoms with Gasteiger partial charge in [-0.1, -0.05) is 19.1 Å². The molecule has 1 aliphatic carbocycles. The number of hydrogen-bond acceptors (Lipinski definition) is 8. The molecule has 1 fully saturated rings. The Hall–Kier alpha value is -3.33. The number of carbonyl (C=O) groups excluding carboxylic acids is 1. The van der Waals surface area contributed by atoms with Gasteiger partial charge in [0.2, 0.25) is 11.9 Å². The Labute approximate surface area is 175 Å². The molecule has 0 saturated carbocycles. The van der Waals surface area contributed by atoms with Gasteiger partial charge in [-0.2, -0.15) is 15.0 Å². The van der Waals surface area contributed by atoms with E-state index in [9.17, 15) is 4.79 Å². The Morgan fingerprint density at radius 2 is 2.07 bits per heavy atom. The van der Waals surface area contributed by atoms with Gasteiger partial charge in [-0.15, -0.1) is 0 Å². The second-order valence-electron chi connectivity index (χ2n) is 7.00. The zero-order valence-corrected chi connectivity index (χ0v) is 17.0. The van der Waals surface area contributed by atoms with Crippen molar-refractivity contribution in [3.8, 4) is 0 Å². The van der Waals surface area contributed by atoms with E-state index >= 15 is 0 Å². The van der Waals surface area contributed by atoms with Crippen molar-refractivity contribution in [2.24, 2.45) is 0 Å². The molecule has 0 unspecified atom stereocenters. The van der Waals surface area contributed by atoms with Crippen LogP contribution in [0.3, 0.4) is 0 Å². The lowest BCUT2D eigenvalue weighted by molar-refractivity contribution is 0.0964. The van der Waals surface area contributed by atoms with Gasteiger partial charge in [-0.05, 0) is 31.1 Å². The second kappa shape index (κ2) is 9.45. The molecule has 2 aliphatic rings. The first-order valence-electron chi connectivity index (χ1n) is 10.2. The van der Waals surface area contributed by atoms with Crippen LogP contribution >= 0.6 is 0 Å². The van der Waals surface area contributed by atoms with Gasteiger partial charge in [0.05, 0.1) is 18.8 Å². The number of pyridine rings is 1. The number of rotatable bonds is 6. The summed E-state index contributed by atoms with van der Waals surface area (Å²) in [4.78, 5) is 32.4. The maximum atomic E-state index is 12.4. The molecule has 0 radical (unpaired) electrons. The van der Waals surface area contributed by atoms with Crippen LogP contribution in [0.1, 0.15) is 35.9 Å². The molecule has 1 amide bonds. The fraction of sp³-hybridized carbons (Fsp3) is 0.381. The summed E-state index contributed by atoms with van der Waals surface area (Å²) in [6, 6.07) is 3.47. The highest BCUT2D eigenvalue weighted by atomic mass is 16.5. The van der Waals surface area contributed by atoms with Crippen LogP contribution in [0, 0.1) is 0 Å². The topological polar surface area (TPSA) is 105 Å². The standard InChI is InChI=1S/C21H25N7O2/c1-2-17-24-20(27-21(26-17)28-10-12-30-13-11-28)25-18-9-8-15(14-22-18)19(29)23-16-6-4-3-5-7-16/h3-4,6,8-9,14H,2,5,7,10-13H2,1H3,(H,23,29)(H,22,24,25,26,27). The van der Waals surface area contributed by atoms with Crippen LogP contribution in [0.5, 0.6) is 0 Å². The van der Waals surface area contributed by atoms with E-state index in [2.05, 4.69) is 41.5 Å². The molecular weight excluding hydrogens is 382 g/mol. The third kappa shape index (κ3) is 4.98. The largest absolute Gasteiger partial charge is 0.378 e. The van der Waals surface area contributed by atoms with E-state index in [0.717, 1.165) is 31.6 Å². The minimum absolute atomic E-state index is 0.168. The van der Waals surface area contributed by atoms with Crippen LogP contribution < -0.4 is 15.5 Å². The number of morpholine rings is 1. The van der Waals surface area contributed by atoms with Crippen LogP contribution in [0.15, 0.2) is 42.3 Å². The van der Waals surface area contributed by atoms with Crippen LogP contribution in [0.2, 0.25) is 0 Å². The summed E-state index contributed by atoms with van der Waals surface area (Å²) in [5, 5.41) is 6.05. The van der Waals surface area contributed by atoms with Gasteiger partial charge in [0.15, 0.2) is 0 Å². The summed E-state index contributed by atoms with van der Waals surface area (Å²) in [6.45, 7) is 4.83. The number of amides is 1. The lowest BCUT2D eigenvalue weighted by Crippen LogP contribution is -2.37. The number of aromatic nitrogens is 4. The Balaban J connectivity index is 1.45. The van der Waals surface area contributed by atoms with Gasteiger partial charge < -0.3 is 20.3 Å². The number of aryl methyl sites for hydroxylation is 1. The van der Waals surface area contributed by atoms with Gasteiger partial charge in [0.25, 0.3) is 5.91 Å². The third-order valence-corrected chi connectivity index (χ3v) is 4.83. The van der Waals surface area contributed by atoms with Gasteiger partial charge in [0.1, 0.15) is 11.6 Å². The van der Waals surface area contributed by atoms with Crippen molar-refractivity contribution < 1.29 is 9.53 Å². The Kier molecular flexibility index (Phi) is 6.29. The molecule has 156 valence electrons. The first-order valence-corrected chi connectivity index (χ1v) is 10.2. The van der Waals surface area contributed by atoms with E-state index in [4.69, 9.17) is 4.74 Å². The number of ether oxygens (including phenoxy) is 1. The molecule has 2 aromatic heterocycles. The maximum Gasteiger partial charge on any atom is 0.256 e. The first-order chi connectivity index (χ1) is 14.7. The van der Waals surface area contributed by atoms with Gasteiger partial charge >= 0.3 is 0 Å². The third-order valence-electron chi connectivity index (χ3n) is 4.83. The minimum Gasteiger partial charge on any atom is -0.378 e. The van der Waals surface area contributed by atoms with Crippen molar-refractivity contribution in [2.45, 2.75) is 26.2 Å². The van der Waals surface area contributed by atoms with Crippen molar-refractivity contribution in [3.63, 3.8) is 0 Å². The average Bonchev–Trinajstić information content (AvgIpc) is 2.80. The zero-order chi connectivity index (χ0) is 20.8.